The molecule has 0 radical (unpaired) electrons. The van der Waals surface area contributed by atoms with E-state index in [0.717, 1.165) is 15.4 Å². The number of rotatable bonds is 7. The van der Waals surface area contributed by atoms with Crippen LogP contribution in [0.1, 0.15) is 25.3 Å². The molecule has 9 heteroatoms. The molecule has 0 unspecified atom stereocenters. The Morgan fingerprint density at radius 1 is 1.10 bits per heavy atom. The SMILES string of the molecule is CC(C)(CCc1ncc(-c2ccc(NC(=O)Nc3ccccc3Cl)cc2)s1)C(=O)[O-].[K+]. The van der Waals surface area contributed by atoms with Crippen molar-refractivity contribution in [2.45, 2.75) is 26.7 Å². The molecule has 1 aromatic heterocycles. The second-order valence-electron chi connectivity index (χ2n) is 7.43. The molecule has 0 aliphatic carbocycles. The zero-order valence-corrected chi connectivity index (χ0v) is 22.3. The number of hydrogen-bond donors (Lipinski definition) is 2. The Labute approximate surface area is 232 Å². The smallest absolute Gasteiger partial charge is 0.550 e. The van der Waals surface area contributed by atoms with Gasteiger partial charge in [0.25, 0.3) is 0 Å². The molecule has 0 spiro atoms. The number of benzene rings is 2. The molecule has 2 aromatic carbocycles. The molecule has 0 fully saturated rings. The van der Waals surface area contributed by atoms with Gasteiger partial charge in [0.15, 0.2) is 0 Å². The van der Waals surface area contributed by atoms with Crippen LogP contribution in [0, 0.1) is 5.41 Å². The quantitative estimate of drug-likeness (QED) is 0.503. The van der Waals surface area contributed by atoms with Gasteiger partial charge in [0, 0.05) is 29.7 Å². The predicted octanol–water partition coefficient (Wildman–Crippen LogP) is 1.82. The summed E-state index contributed by atoms with van der Waals surface area (Å²) in [5.41, 5.74) is 1.26. The molecule has 0 atom stereocenters. The van der Waals surface area contributed by atoms with Crippen molar-refractivity contribution in [1.29, 1.82) is 0 Å². The van der Waals surface area contributed by atoms with Crippen LogP contribution in [0.3, 0.4) is 0 Å². The molecule has 6 nitrogen and oxygen atoms in total. The summed E-state index contributed by atoms with van der Waals surface area (Å²) >= 11 is 7.57. The summed E-state index contributed by atoms with van der Waals surface area (Å²) in [6.07, 6.45) is 2.82. The third kappa shape index (κ3) is 7.39. The second kappa shape index (κ2) is 11.6. The number of thiazole rings is 1. The van der Waals surface area contributed by atoms with Crippen LogP contribution in [0.2, 0.25) is 5.02 Å². The Bertz CT molecular complexity index is 1050. The van der Waals surface area contributed by atoms with Crippen molar-refractivity contribution in [2.24, 2.45) is 5.41 Å². The zero-order chi connectivity index (χ0) is 21.7. The number of urea groups is 1. The van der Waals surface area contributed by atoms with Crippen LogP contribution in [0.5, 0.6) is 0 Å². The maximum absolute atomic E-state index is 12.2. The topological polar surface area (TPSA) is 94.2 Å². The number of carboxylic acids is 1. The van der Waals surface area contributed by atoms with Gasteiger partial charge in [-0.3, -0.25) is 0 Å². The minimum absolute atomic E-state index is 0. The first-order chi connectivity index (χ1) is 14.2. The molecule has 0 saturated heterocycles. The first-order valence-electron chi connectivity index (χ1n) is 9.34. The van der Waals surface area contributed by atoms with E-state index in [1.807, 2.05) is 12.1 Å². The fraction of sp³-hybridized carbons (Fsp3) is 0.227. The molecule has 0 saturated carbocycles. The van der Waals surface area contributed by atoms with Crippen molar-refractivity contribution in [3.05, 3.63) is 64.8 Å². The Balaban J connectivity index is 0.00000341. The van der Waals surface area contributed by atoms with E-state index in [1.165, 1.54) is 11.3 Å². The van der Waals surface area contributed by atoms with E-state index in [0.29, 0.717) is 29.2 Å². The molecular weight excluding hydrogens is 461 g/mol. The molecule has 1 heterocycles. The van der Waals surface area contributed by atoms with Gasteiger partial charge in [-0.25, -0.2) is 9.78 Å². The fourth-order valence-corrected chi connectivity index (χ4v) is 3.75. The van der Waals surface area contributed by atoms with Crippen LogP contribution in [0.4, 0.5) is 16.2 Å². The molecular formula is C22H21ClKN3O3S. The maximum atomic E-state index is 12.2. The first kappa shape index (κ1) is 26.0. The predicted molar refractivity (Wildman–Crippen MR) is 119 cm³/mol. The minimum Gasteiger partial charge on any atom is -0.550 e. The van der Waals surface area contributed by atoms with Gasteiger partial charge >= 0.3 is 57.4 Å². The van der Waals surface area contributed by atoms with Gasteiger partial charge in [-0.2, -0.15) is 0 Å². The van der Waals surface area contributed by atoms with Gasteiger partial charge in [-0.15, -0.1) is 11.3 Å². The van der Waals surface area contributed by atoms with Crippen LogP contribution < -0.4 is 67.1 Å². The number of carbonyl (C=O) groups is 2. The van der Waals surface area contributed by atoms with Gasteiger partial charge in [-0.1, -0.05) is 49.7 Å². The van der Waals surface area contributed by atoms with Crippen molar-refractivity contribution in [3.63, 3.8) is 0 Å². The summed E-state index contributed by atoms with van der Waals surface area (Å²) in [6.45, 7) is 3.31. The summed E-state index contributed by atoms with van der Waals surface area (Å²) in [7, 11) is 0. The third-order valence-corrected chi connectivity index (χ3v) is 6.06. The molecule has 3 aromatic rings. The van der Waals surface area contributed by atoms with E-state index in [9.17, 15) is 14.7 Å². The van der Waals surface area contributed by atoms with E-state index in [2.05, 4.69) is 15.6 Å². The monoisotopic (exact) mass is 481 g/mol. The van der Waals surface area contributed by atoms with Crippen molar-refractivity contribution in [1.82, 2.24) is 4.98 Å². The van der Waals surface area contributed by atoms with Crippen molar-refractivity contribution >= 4 is 46.3 Å². The summed E-state index contributed by atoms with van der Waals surface area (Å²) in [5.74, 6) is -1.05. The van der Waals surface area contributed by atoms with Crippen molar-refractivity contribution in [3.8, 4) is 10.4 Å². The molecule has 0 bridgehead atoms. The summed E-state index contributed by atoms with van der Waals surface area (Å²) in [5, 5.41) is 17.9. The first-order valence-corrected chi connectivity index (χ1v) is 10.5. The molecule has 0 aliphatic rings. The summed E-state index contributed by atoms with van der Waals surface area (Å²) < 4.78 is 0. The Morgan fingerprint density at radius 3 is 2.42 bits per heavy atom. The van der Waals surface area contributed by atoms with Crippen LogP contribution in [0.25, 0.3) is 10.4 Å². The van der Waals surface area contributed by atoms with Crippen LogP contribution in [0.15, 0.2) is 54.7 Å². The average molecular weight is 482 g/mol. The van der Waals surface area contributed by atoms with Crippen LogP contribution >= 0.6 is 22.9 Å². The maximum Gasteiger partial charge on any atom is 1.00 e. The number of aryl methyl sites for hydroxylation is 1. The normalized spacial score (nSPS) is 10.8. The van der Waals surface area contributed by atoms with Crippen molar-refractivity contribution in [2.75, 3.05) is 10.6 Å². The number of halogens is 1. The fourth-order valence-electron chi connectivity index (χ4n) is 2.65. The van der Waals surface area contributed by atoms with Crippen molar-refractivity contribution < 1.29 is 66.1 Å². The number of carbonyl (C=O) groups excluding carboxylic acids is 2. The number of hydrogen-bond acceptors (Lipinski definition) is 5. The van der Waals surface area contributed by atoms with Gasteiger partial charge in [-0.05, 0) is 36.2 Å². The number of aliphatic carboxylic acids is 1. The minimum atomic E-state index is -1.05. The number of nitrogens with one attached hydrogen (secondary N) is 2. The van der Waals surface area contributed by atoms with E-state index >= 15 is 0 Å². The number of para-hydroxylation sites is 1. The average Bonchev–Trinajstić information content (AvgIpc) is 3.18. The summed E-state index contributed by atoms with van der Waals surface area (Å²) in [4.78, 5) is 28.7. The van der Waals surface area contributed by atoms with Gasteiger partial charge in [0.2, 0.25) is 0 Å². The second-order valence-corrected chi connectivity index (χ2v) is 8.95. The van der Waals surface area contributed by atoms with Gasteiger partial charge in [0.1, 0.15) is 0 Å². The van der Waals surface area contributed by atoms with Crippen LogP contribution in [-0.2, 0) is 11.2 Å². The van der Waals surface area contributed by atoms with E-state index < -0.39 is 11.4 Å². The Hall–Kier alpha value is -1.26. The number of anilines is 2. The van der Waals surface area contributed by atoms with Crippen LogP contribution in [-0.4, -0.2) is 17.0 Å². The molecule has 3 rings (SSSR count). The Morgan fingerprint density at radius 2 is 1.77 bits per heavy atom. The van der Waals surface area contributed by atoms with Gasteiger partial charge < -0.3 is 20.5 Å². The number of amides is 2. The molecule has 0 aliphatic heterocycles. The van der Waals surface area contributed by atoms with Gasteiger partial charge in [0.05, 0.1) is 20.6 Å². The number of nitrogens with zero attached hydrogens (tertiary/aromatic N) is 1. The third-order valence-electron chi connectivity index (χ3n) is 4.62. The number of carboxylic acid groups (broad SMARTS) is 1. The Kier molecular flexibility index (Phi) is 9.69. The zero-order valence-electron chi connectivity index (χ0n) is 17.6. The molecule has 156 valence electrons. The number of aromatic nitrogens is 1. The largest absolute Gasteiger partial charge is 1.00 e. The summed E-state index contributed by atoms with van der Waals surface area (Å²) in [6, 6.07) is 14.0. The standard InChI is InChI=1S/C22H22ClN3O3S.K/c1-22(2,20(27)28)12-11-19-24-13-18(30-19)14-7-9-15(10-8-14)25-21(29)26-17-6-4-3-5-16(17)23;/h3-10,13H,11-12H2,1-2H3,(H,27,28)(H2,25,26,29);/q;+1/p-1. The molecule has 2 N–H and O–H groups in total. The van der Waals surface area contributed by atoms with E-state index in [-0.39, 0.29) is 57.4 Å². The van der Waals surface area contributed by atoms with E-state index in [1.54, 1.807) is 56.4 Å². The molecule has 2 amide bonds. The van der Waals surface area contributed by atoms with E-state index in [4.69, 9.17) is 11.6 Å². The molecule has 31 heavy (non-hydrogen) atoms.